The first-order chi connectivity index (χ1) is 50.6. The lowest BCUT2D eigenvalue weighted by Gasteiger charge is -2.23. The lowest BCUT2D eigenvalue weighted by molar-refractivity contribution is 0.666. The van der Waals surface area contributed by atoms with E-state index >= 15 is 0 Å². The quantitative estimate of drug-likeness (QED) is 0.183. The molecule has 0 aliphatic heterocycles. The van der Waals surface area contributed by atoms with Gasteiger partial charge in [-0.15, -0.1) is 0 Å². The molecule has 0 fully saturated rings. The summed E-state index contributed by atoms with van der Waals surface area (Å²) in [6, 6.07) is 116. The third-order valence-corrected chi connectivity index (χ3v) is 24.3. The molecule has 0 saturated carbocycles. The highest BCUT2D eigenvalue weighted by molar-refractivity contribution is 9.10. The molecular formula is C98H65BrN4. The number of para-hydroxylation sites is 6. The van der Waals surface area contributed by atoms with Crippen molar-refractivity contribution >= 4 is 125 Å². The van der Waals surface area contributed by atoms with E-state index in [2.05, 4.69) is 378 Å². The second kappa shape index (κ2) is 21.4. The number of hydrogen-bond donors (Lipinski definition) is 1. The topological polar surface area (TPSA) is 30.6 Å². The Morgan fingerprint density at radius 2 is 0.641 bits per heavy atom. The van der Waals surface area contributed by atoms with Gasteiger partial charge in [0, 0.05) is 91.8 Å². The molecule has 484 valence electrons. The van der Waals surface area contributed by atoms with Crippen LogP contribution in [0.15, 0.2) is 320 Å². The molecule has 0 unspecified atom stereocenters. The van der Waals surface area contributed by atoms with Crippen LogP contribution in [-0.2, 0) is 10.8 Å². The molecule has 4 aromatic heterocycles. The van der Waals surface area contributed by atoms with Gasteiger partial charge in [-0.1, -0.05) is 298 Å². The third-order valence-electron chi connectivity index (χ3n) is 23.6. The molecule has 0 atom stereocenters. The molecule has 1 N–H and O–H groups in total. The maximum atomic E-state index is 3.86. The van der Waals surface area contributed by atoms with Gasteiger partial charge in [-0.05, 0) is 155 Å². The van der Waals surface area contributed by atoms with E-state index in [0.717, 1.165) is 0 Å². The van der Waals surface area contributed by atoms with Crippen molar-refractivity contribution in [2.75, 3.05) is 0 Å². The van der Waals surface area contributed by atoms with E-state index in [1.165, 1.54) is 219 Å². The van der Waals surface area contributed by atoms with Gasteiger partial charge < -0.3 is 18.7 Å². The van der Waals surface area contributed by atoms with Crippen LogP contribution in [-0.4, -0.2) is 18.7 Å². The standard InChI is InChI=1S/C49H32N2.C33H24N2.C16H9Br/c1-49(2)38-24-11-8-19-34(38)43-46(49)44-36-20-9-13-26-40(36)51(41-28-27-33-31-18-7-6-17-30(31)32-22-14-23-35(41)42(32)33)48(44)45-37-21-10-12-25-39(37)50(47(43)45)29-15-4-3-5-16-29;1-33(2)24-17-9-6-14-21(24)28-30(33)27-22-15-7-10-18-25(22)34-31(27)29-23-16-8-11-19-26(23)35(32(28)29)20-12-4-3-5-13-20;17-15-9-8-13-11-5-2-1-4-10(11)12-6-3-7-14(15)16(12)13/h3-28H,1-2H3;3-19,34H,1-2H3;1-9H. The molecule has 103 heavy (non-hydrogen) atoms. The molecule has 5 heteroatoms. The molecule has 0 amide bonds. The Labute approximate surface area is 603 Å². The number of hydrogen-bond acceptors (Lipinski definition) is 0. The summed E-state index contributed by atoms with van der Waals surface area (Å²) in [5.41, 5.74) is 35.0. The van der Waals surface area contributed by atoms with Crippen LogP contribution >= 0.6 is 15.9 Å². The van der Waals surface area contributed by atoms with Crippen molar-refractivity contribution in [3.63, 3.8) is 0 Å². The Kier molecular flexibility index (Phi) is 12.1. The van der Waals surface area contributed by atoms with Gasteiger partial charge in [0.05, 0.1) is 44.3 Å². The van der Waals surface area contributed by atoms with Gasteiger partial charge in [0.15, 0.2) is 0 Å². The molecule has 0 bridgehead atoms. The van der Waals surface area contributed by atoms with Crippen LogP contribution in [0.1, 0.15) is 49.9 Å². The monoisotopic (exact) mass is 1380 g/mol. The highest BCUT2D eigenvalue weighted by Crippen LogP contribution is 2.61. The van der Waals surface area contributed by atoms with Crippen molar-refractivity contribution in [2.24, 2.45) is 0 Å². The molecule has 4 aliphatic carbocycles. The summed E-state index contributed by atoms with van der Waals surface area (Å²) in [5.74, 6) is 0. The Morgan fingerprint density at radius 3 is 1.19 bits per heavy atom. The molecule has 20 aromatic rings. The number of benzene rings is 16. The van der Waals surface area contributed by atoms with E-state index < -0.39 is 0 Å². The Bertz CT molecular complexity index is 7050. The van der Waals surface area contributed by atoms with Crippen LogP contribution in [0.4, 0.5) is 0 Å². The van der Waals surface area contributed by atoms with Gasteiger partial charge in [-0.2, -0.15) is 0 Å². The van der Waals surface area contributed by atoms with Crippen molar-refractivity contribution in [2.45, 2.75) is 38.5 Å². The summed E-state index contributed by atoms with van der Waals surface area (Å²) in [7, 11) is 0. The number of nitrogens with one attached hydrogen (secondary N) is 1. The minimum atomic E-state index is -0.213. The van der Waals surface area contributed by atoms with Crippen molar-refractivity contribution < 1.29 is 0 Å². The number of nitrogens with zero attached hydrogens (tertiary/aromatic N) is 3. The molecule has 4 nitrogen and oxygen atoms in total. The zero-order valence-electron chi connectivity index (χ0n) is 57.2. The minimum Gasteiger partial charge on any atom is -0.354 e. The summed E-state index contributed by atoms with van der Waals surface area (Å²) in [5, 5.41) is 15.8. The molecule has 16 aromatic carbocycles. The zero-order chi connectivity index (χ0) is 68.3. The van der Waals surface area contributed by atoms with Gasteiger partial charge in [0.2, 0.25) is 0 Å². The highest BCUT2D eigenvalue weighted by Gasteiger charge is 2.43. The second-order valence-electron chi connectivity index (χ2n) is 29.4. The maximum Gasteiger partial charge on any atom is 0.0645 e. The average molecular weight is 1380 g/mol. The van der Waals surface area contributed by atoms with Crippen LogP contribution in [0.25, 0.3) is 193 Å². The van der Waals surface area contributed by atoms with Crippen molar-refractivity contribution in [1.29, 1.82) is 0 Å². The number of halogens is 1. The average Bonchev–Trinajstić information content (AvgIpc) is 1.48. The smallest absolute Gasteiger partial charge is 0.0645 e. The summed E-state index contributed by atoms with van der Waals surface area (Å²) in [6.45, 7) is 9.64. The van der Waals surface area contributed by atoms with Gasteiger partial charge in [0.25, 0.3) is 0 Å². The largest absolute Gasteiger partial charge is 0.354 e. The van der Waals surface area contributed by atoms with E-state index in [1.54, 1.807) is 0 Å². The molecule has 0 saturated heterocycles. The van der Waals surface area contributed by atoms with Crippen LogP contribution < -0.4 is 0 Å². The third kappa shape index (κ3) is 7.79. The van der Waals surface area contributed by atoms with E-state index in [-0.39, 0.29) is 10.8 Å². The summed E-state index contributed by atoms with van der Waals surface area (Å²) in [6.07, 6.45) is 0. The second-order valence-corrected chi connectivity index (χ2v) is 30.3. The van der Waals surface area contributed by atoms with Gasteiger partial charge in [0.1, 0.15) is 0 Å². The summed E-state index contributed by atoms with van der Waals surface area (Å²) in [4.78, 5) is 3.86. The molecule has 4 heterocycles. The lowest BCUT2D eigenvalue weighted by Crippen LogP contribution is -2.15. The van der Waals surface area contributed by atoms with E-state index in [9.17, 15) is 0 Å². The summed E-state index contributed by atoms with van der Waals surface area (Å²) < 4.78 is 8.80. The van der Waals surface area contributed by atoms with Gasteiger partial charge in [-0.3, -0.25) is 0 Å². The number of fused-ring (bicyclic) bond motifs is 30. The molecule has 0 spiro atoms. The molecular weight excluding hydrogens is 1310 g/mol. The molecule has 24 rings (SSSR count). The maximum absolute atomic E-state index is 3.86. The Hall–Kier alpha value is -12.3. The number of aromatic nitrogens is 4. The zero-order valence-corrected chi connectivity index (χ0v) is 58.8. The fraction of sp³-hybridized carbons (Fsp3) is 0.0612. The minimum absolute atomic E-state index is 0.110. The lowest BCUT2D eigenvalue weighted by atomic mass is 9.80. The highest BCUT2D eigenvalue weighted by atomic mass is 79.9. The van der Waals surface area contributed by atoms with Crippen molar-refractivity contribution in [1.82, 2.24) is 18.7 Å². The first-order valence-corrected chi connectivity index (χ1v) is 36.7. The molecule has 4 aliphatic rings. The predicted octanol–water partition coefficient (Wildman–Crippen LogP) is 27.0. The number of aromatic amines is 1. The van der Waals surface area contributed by atoms with E-state index in [0.29, 0.717) is 0 Å². The first-order valence-electron chi connectivity index (χ1n) is 36.0. The normalized spacial score (nSPS) is 13.6. The van der Waals surface area contributed by atoms with E-state index in [4.69, 9.17) is 0 Å². The van der Waals surface area contributed by atoms with Crippen LogP contribution in [0.3, 0.4) is 0 Å². The number of rotatable bonds is 3. The Balaban J connectivity index is 0.000000110. The first kappa shape index (κ1) is 58.5. The van der Waals surface area contributed by atoms with Crippen LogP contribution in [0.5, 0.6) is 0 Å². The fourth-order valence-electron chi connectivity index (χ4n) is 19.5. The molecule has 0 radical (unpaired) electrons. The Morgan fingerprint density at radius 1 is 0.262 bits per heavy atom. The summed E-state index contributed by atoms with van der Waals surface area (Å²) >= 11 is 3.64. The van der Waals surface area contributed by atoms with Gasteiger partial charge in [-0.25, -0.2) is 0 Å². The van der Waals surface area contributed by atoms with Crippen LogP contribution in [0, 0.1) is 0 Å². The van der Waals surface area contributed by atoms with E-state index in [1.807, 2.05) is 0 Å². The van der Waals surface area contributed by atoms with Crippen LogP contribution in [0.2, 0.25) is 0 Å². The number of H-pyrrole nitrogens is 1. The van der Waals surface area contributed by atoms with Gasteiger partial charge >= 0.3 is 0 Å². The predicted molar refractivity (Wildman–Crippen MR) is 438 cm³/mol. The van der Waals surface area contributed by atoms with Crippen molar-refractivity contribution in [3.8, 4) is 83.8 Å². The fourth-order valence-corrected chi connectivity index (χ4v) is 20.0. The van der Waals surface area contributed by atoms with Crippen molar-refractivity contribution in [3.05, 3.63) is 342 Å². The SMILES string of the molecule is Brc1ccc2c3c(cccc13)-c1ccccc1-2.CC1(C)c2ccccc2-c2c1c1c3ccccc3[nH]c1c1c3ccccc3n(-c3ccccc3)c21.CC1(C)c2ccccc2-c2c1c1c3ccccc3n(-c3ccc4c5c(cccc35)-c3ccccc3-4)c1c1c3ccccc3n(-c3ccccc3)c21.